The number of hydrogen-bond acceptors (Lipinski definition) is 9. The van der Waals surface area contributed by atoms with E-state index in [1.165, 1.54) is 11.6 Å². The van der Waals surface area contributed by atoms with Crippen LogP contribution in [0.3, 0.4) is 0 Å². The first-order valence-corrected chi connectivity index (χ1v) is 16.3. The third-order valence-electron chi connectivity index (χ3n) is 9.93. The number of phenolic OH excluding ortho intramolecular Hbond substituents is 2. The summed E-state index contributed by atoms with van der Waals surface area (Å²) in [6.07, 6.45) is 3.17. The third-order valence-corrected chi connectivity index (χ3v) is 9.93. The Morgan fingerprint density at radius 2 is 1.79 bits per heavy atom. The zero-order valence-corrected chi connectivity index (χ0v) is 25.9. The lowest BCUT2D eigenvalue weighted by molar-refractivity contribution is 0.0180. The van der Waals surface area contributed by atoms with Crippen LogP contribution in [0.1, 0.15) is 51.8 Å². The number of aliphatic hydroxyl groups excluding tert-OH is 3. The molecular weight excluding hydrogens is 598 g/mol. The highest BCUT2D eigenvalue weighted by Gasteiger charge is 2.41. The molecule has 0 fully saturated rings. The van der Waals surface area contributed by atoms with Crippen molar-refractivity contribution in [1.82, 2.24) is 0 Å². The van der Waals surface area contributed by atoms with Gasteiger partial charge >= 0.3 is 0 Å². The van der Waals surface area contributed by atoms with Crippen LogP contribution in [0.4, 0.5) is 0 Å². The van der Waals surface area contributed by atoms with E-state index in [1.807, 2.05) is 12.1 Å². The molecule has 0 saturated carbocycles. The molecular formula is C38H37NO8. The molecule has 0 spiro atoms. The van der Waals surface area contributed by atoms with E-state index in [9.17, 15) is 25.5 Å². The lowest BCUT2D eigenvalue weighted by Crippen LogP contribution is -2.34. The van der Waals surface area contributed by atoms with Crippen LogP contribution in [0.15, 0.2) is 59.6 Å². The molecule has 0 unspecified atom stereocenters. The van der Waals surface area contributed by atoms with Crippen molar-refractivity contribution >= 4 is 6.08 Å². The molecule has 5 N–H and O–H groups in total. The highest BCUT2D eigenvalue weighted by atomic mass is 16.5. The molecule has 1 aliphatic carbocycles. The minimum atomic E-state index is -0.884. The average molecular weight is 636 g/mol. The molecule has 9 nitrogen and oxygen atoms in total. The summed E-state index contributed by atoms with van der Waals surface area (Å²) in [5.41, 5.74) is 7.71. The smallest absolute Gasteiger partial charge is 0.161 e. The second kappa shape index (κ2) is 11.9. The van der Waals surface area contributed by atoms with Gasteiger partial charge in [0.1, 0.15) is 36.1 Å². The lowest BCUT2D eigenvalue weighted by Gasteiger charge is -2.40. The summed E-state index contributed by atoms with van der Waals surface area (Å²) in [5, 5.41) is 54.1. The molecule has 242 valence electrons. The van der Waals surface area contributed by atoms with Crippen molar-refractivity contribution < 1.29 is 39.7 Å². The van der Waals surface area contributed by atoms with E-state index in [2.05, 4.69) is 29.3 Å². The zero-order chi connectivity index (χ0) is 32.2. The van der Waals surface area contributed by atoms with Gasteiger partial charge in [0.15, 0.2) is 11.5 Å². The van der Waals surface area contributed by atoms with Crippen molar-refractivity contribution in [3.8, 4) is 39.9 Å². The zero-order valence-electron chi connectivity index (χ0n) is 25.9. The van der Waals surface area contributed by atoms with Crippen LogP contribution < -0.4 is 24.8 Å². The fraction of sp³-hybridized carbons (Fsp3) is 0.342. The van der Waals surface area contributed by atoms with E-state index in [0.717, 1.165) is 50.4 Å². The van der Waals surface area contributed by atoms with Crippen molar-refractivity contribution in [2.24, 2.45) is 4.99 Å². The topological polar surface area (TPSA) is 141 Å². The van der Waals surface area contributed by atoms with Crippen molar-refractivity contribution in [1.29, 1.82) is 0 Å². The van der Waals surface area contributed by atoms with Crippen molar-refractivity contribution in [3.05, 3.63) is 98.6 Å². The Balaban J connectivity index is 1.26. The molecule has 3 aliphatic heterocycles. The Labute approximate surface area is 271 Å². The quantitative estimate of drug-likeness (QED) is 0.209. The second-order valence-electron chi connectivity index (χ2n) is 12.9. The average Bonchev–Trinajstić information content (AvgIpc) is 3.56. The van der Waals surface area contributed by atoms with Gasteiger partial charge in [0.05, 0.1) is 31.2 Å². The van der Waals surface area contributed by atoms with E-state index in [4.69, 9.17) is 14.2 Å². The molecule has 0 saturated heterocycles. The van der Waals surface area contributed by atoms with Gasteiger partial charge in [0.25, 0.3) is 0 Å². The monoisotopic (exact) mass is 635 g/mol. The Kier molecular flexibility index (Phi) is 7.55. The minimum absolute atomic E-state index is 0.0242. The highest BCUT2D eigenvalue weighted by Crippen LogP contribution is 2.56. The maximum Gasteiger partial charge on any atom is 0.161 e. The van der Waals surface area contributed by atoms with Crippen LogP contribution in [0, 0.1) is 0 Å². The first kappa shape index (κ1) is 29.8. The van der Waals surface area contributed by atoms with Crippen LogP contribution in [-0.2, 0) is 25.7 Å². The van der Waals surface area contributed by atoms with Gasteiger partial charge in [0, 0.05) is 23.1 Å². The van der Waals surface area contributed by atoms with E-state index in [0.29, 0.717) is 49.3 Å². The molecule has 3 heterocycles. The van der Waals surface area contributed by atoms with Crippen LogP contribution in [0.25, 0.3) is 17.2 Å². The van der Waals surface area contributed by atoms with Crippen LogP contribution in [0.5, 0.6) is 28.7 Å². The molecule has 8 rings (SSSR count). The summed E-state index contributed by atoms with van der Waals surface area (Å²) in [6.45, 7) is 0.416. The molecule has 0 bridgehead atoms. The standard InChI is InChI=1S/C38H37NO8/c40-11-12-45-34-16-22(2-8-32(34)43)36-33(44)18-30-29-15-23(14-20-1-7-31-21(13-20)9-10-39-31)28-17-24(42)3-5-26(28)35(29)38-27(37(30)47-36)6-4-25(19-41)46-38/h1-3,5,7-9,13,16-17,23,25,33,36,40-44H,4,6,10-12,14-15,18-19H2/t23-,25+,33+,36+/m0/s1. The fourth-order valence-corrected chi connectivity index (χ4v) is 7.76. The summed E-state index contributed by atoms with van der Waals surface area (Å²) in [6, 6.07) is 16.8. The number of phenols is 2. The molecule has 0 radical (unpaired) electrons. The molecule has 9 heteroatoms. The molecule has 4 atom stereocenters. The number of hydrogen-bond donors (Lipinski definition) is 5. The number of benzene rings is 4. The number of rotatable bonds is 7. The maximum absolute atomic E-state index is 11.6. The SMILES string of the molecule is OCCOc1cc([C@H]2Oc3c(c4c(c5c3CC[C@H](CO)O5)-c3ccc(O)cc3[C@@H](Cc3ccc5c(c3)=CCN=5)C4)C[C@H]2O)ccc1O. The third kappa shape index (κ3) is 5.19. The van der Waals surface area contributed by atoms with Gasteiger partial charge in [-0.05, 0) is 101 Å². The number of fused-ring (bicyclic) bond motifs is 9. The number of nitrogens with zero attached hydrogens (tertiary/aromatic N) is 1. The Bertz CT molecular complexity index is 2010. The molecule has 47 heavy (non-hydrogen) atoms. The molecule has 0 aromatic heterocycles. The molecule has 0 amide bonds. The van der Waals surface area contributed by atoms with Gasteiger partial charge in [0.2, 0.25) is 0 Å². The van der Waals surface area contributed by atoms with E-state index >= 15 is 0 Å². The van der Waals surface area contributed by atoms with Crippen LogP contribution >= 0.6 is 0 Å². The van der Waals surface area contributed by atoms with Crippen LogP contribution in [0.2, 0.25) is 0 Å². The van der Waals surface area contributed by atoms with E-state index in [1.54, 1.807) is 18.2 Å². The van der Waals surface area contributed by atoms with Gasteiger partial charge < -0.3 is 39.7 Å². The van der Waals surface area contributed by atoms with Crippen LogP contribution in [-0.4, -0.2) is 64.1 Å². The number of aliphatic hydroxyl groups is 3. The normalized spacial score (nSPS) is 21.9. The predicted octanol–water partition coefficient (Wildman–Crippen LogP) is 3.16. The van der Waals surface area contributed by atoms with Crippen molar-refractivity contribution in [3.63, 3.8) is 0 Å². The summed E-state index contributed by atoms with van der Waals surface area (Å²) in [7, 11) is 0. The Morgan fingerprint density at radius 3 is 2.64 bits per heavy atom. The first-order chi connectivity index (χ1) is 22.9. The van der Waals surface area contributed by atoms with Gasteiger partial charge in [-0.25, -0.2) is 0 Å². The molecule has 4 aromatic carbocycles. The van der Waals surface area contributed by atoms with Crippen molar-refractivity contribution in [2.45, 2.75) is 56.3 Å². The summed E-state index contributed by atoms with van der Waals surface area (Å²) < 4.78 is 18.8. The van der Waals surface area contributed by atoms with E-state index in [-0.39, 0.29) is 49.1 Å². The minimum Gasteiger partial charge on any atom is -0.508 e. The largest absolute Gasteiger partial charge is 0.508 e. The predicted molar refractivity (Wildman–Crippen MR) is 174 cm³/mol. The van der Waals surface area contributed by atoms with Gasteiger partial charge in [-0.3, -0.25) is 4.99 Å². The lowest BCUT2D eigenvalue weighted by atomic mass is 9.72. The second-order valence-corrected chi connectivity index (χ2v) is 12.9. The van der Waals surface area contributed by atoms with Gasteiger partial charge in [-0.2, -0.15) is 0 Å². The number of ether oxygens (including phenoxy) is 3. The van der Waals surface area contributed by atoms with Crippen molar-refractivity contribution in [2.75, 3.05) is 26.4 Å². The van der Waals surface area contributed by atoms with Gasteiger partial charge in [-0.1, -0.05) is 24.3 Å². The molecule has 4 aliphatic rings. The first-order valence-electron chi connectivity index (χ1n) is 16.3. The summed E-state index contributed by atoms with van der Waals surface area (Å²) >= 11 is 0. The maximum atomic E-state index is 11.6. The van der Waals surface area contributed by atoms with Gasteiger partial charge in [-0.15, -0.1) is 0 Å². The Morgan fingerprint density at radius 1 is 0.894 bits per heavy atom. The highest BCUT2D eigenvalue weighted by molar-refractivity contribution is 5.85. The molecule has 4 aromatic rings. The van der Waals surface area contributed by atoms with E-state index < -0.39 is 12.2 Å². The summed E-state index contributed by atoms with van der Waals surface area (Å²) in [5.74, 6) is 1.78. The number of aromatic hydroxyl groups is 2. The fourth-order valence-electron chi connectivity index (χ4n) is 7.76. The summed E-state index contributed by atoms with van der Waals surface area (Å²) in [4.78, 5) is 4.54. The Hall–Kier alpha value is -4.57.